The second-order valence-corrected chi connectivity index (χ2v) is 12.7. The summed E-state index contributed by atoms with van der Waals surface area (Å²) >= 11 is 0. The summed E-state index contributed by atoms with van der Waals surface area (Å²) in [6.07, 6.45) is 3.87. The van der Waals surface area contributed by atoms with Gasteiger partial charge in [-0.2, -0.15) is 0 Å². The molecule has 0 radical (unpaired) electrons. The van der Waals surface area contributed by atoms with E-state index in [2.05, 4.69) is 124 Å². The van der Waals surface area contributed by atoms with Gasteiger partial charge in [0.15, 0.2) is 17.5 Å². The average Bonchev–Trinajstić information content (AvgIpc) is 3.51. The highest BCUT2D eigenvalue weighted by Gasteiger charge is 2.31. The zero-order valence-corrected chi connectivity index (χ0v) is 28.0. The SMILES string of the molecule is c1ccc(-c2nc(-c3ccccc3)nc(-c3cccc(-n4c5c(c6cnccc64)-c4ccccc4N(c4ccccc4)c4ccccc4-5)c3)n2)cc1. The maximum Gasteiger partial charge on any atom is 0.164 e. The number of para-hydroxylation sites is 3. The third-order valence-electron chi connectivity index (χ3n) is 9.66. The summed E-state index contributed by atoms with van der Waals surface area (Å²) < 4.78 is 2.37. The molecule has 0 atom stereocenters. The fourth-order valence-corrected chi connectivity index (χ4v) is 7.39. The number of anilines is 3. The summed E-state index contributed by atoms with van der Waals surface area (Å²) in [5, 5.41) is 1.08. The van der Waals surface area contributed by atoms with Gasteiger partial charge in [0.1, 0.15) is 0 Å². The number of pyridine rings is 1. The molecule has 6 nitrogen and oxygen atoms in total. The van der Waals surface area contributed by atoms with Gasteiger partial charge in [0.25, 0.3) is 0 Å². The summed E-state index contributed by atoms with van der Waals surface area (Å²) in [5.41, 5.74) is 12.7. The van der Waals surface area contributed by atoms with Gasteiger partial charge >= 0.3 is 0 Å². The van der Waals surface area contributed by atoms with Gasteiger partial charge in [-0.3, -0.25) is 4.98 Å². The Labute approximate surface area is 301 Å². The number of hydrogen-bond donors (Lipinski definition) is 0. The van der Waals surface area contributed by atoms with Crippen LogP contribution in [0.15, 0.2) is 182 Å². The van der Waals surface area contributed by atoms with Crippen LogP contribution < -0.4 is 4.90 Å². The maximum atomic E-state index is 5.05. The highest BCUT2D eigenvalue weighted by molar-refractivity contribution is 6.12. The predicted octanol–water partition coefficient (Wildman–Crippen LogP) is 11.3. The Morgan fingerprint density at radius 3 is 1.62 bits per heavy atom. The molecular weight excluding hydrogens is 637 g/mol. The van der Waals surface area contributed by atoms with Crippen molar-refractivity contribution < 1.29 is 0 Å². The molecule has 0 aliphatic carbocycles. The van der Waals surface area contributed by atoms with E-state index in [1.807, 2.05) is 73.1 Å². The summed E-state index contributed by atoms with van der Waals surface area (Å²) in [4.78, 5) is 22.0. The molecule has 0 saturated heterocycles. The lowest BCUT2D eigenvalue weighted by atomic mass is 9.99. The first kappa shape index (κ1) is 29.7. The van der Waals surface area contributed by atoms with E-state index in [4.69, 9.17) is 15.0 Å². The number of rotatable bonds is 5. The lowest BCUT2D eigenvalue weighted by Crippen LogP contribution is -2.11. The second kappa shape index (κ2) is 12.3. The molecule has 1 aliphatic heterocycles. The Morgan fingerprint density at radius 1 is 0.423 bits per heavy atom. The van der Waals surface area contributed by atoms with E-state index < -0.39 is 0 Å². The van der Waals surface area contributed by atoms with Crippen LogP contribution in [-0.2, 0) is 0 Å². The van der Waals surface area contributed by atoms with Crippen molar-refractivity contribution in [2.24, 2.45) is 0 Å². The van der Waals surface area contributed by atoms with Crippen molar-refractivity contribution in [3.8, 4) is 62.2 Å². The van der Waals surface area contributed by atoms with E-state index in [1.54, 1.807) is 0 Å². The van der Waals surface area contributed by atoms with Crippen LogP contribution in [0.3, 0.4) is 0 Å². The molecule has 0 N–H and O–H groups in total. The molecule has 0 saturated carbocycles. The van der Waals surface area contributed by atoms with Gasteiger partial charge in [-0.05, 0) is 42.5 Å². The van der Waals surface area contributed by atoms with Crippen molar-refractivity contribution in [1.29, 1.82) is 0 Å². The molecule has 3 aromatic heterocycles. The lowest BCUT2D eigenvalue weighted by Gasteiger charge is -2.27. The first-order valence-electron chi connectivity index (χ1n) is 17.3. The number of aromatic nitrogens is 5. The molecule has 10 rings (SSSR count). The van der Waals surface area contributed by atoms with Crippen molar-refractivity contribution in [1.82, 2.24) is 24.5 Å². The Bertz CT molecular complexity index is 2680. The Hall–Kier alpha value is -7.18. The monoisotopic (exact) mass is 666 g/mol. The molecule has 1 aliphatic rings. The lowest BCUT2D eigenvalue weighted by molar-refractivity contribution is 1.07. The van der Waals surface area contributed by atoms with Gasteiger partial charge in [-0.15, -0.1) is 0 Å². The van der Waals surface area contributed by atoms with E-state index in [1.165, 1.54) is 0 Å². The molecule has 0 bridgehead atoms. The minimum Gasteiger partial charge on any atom is -0.309 e. The fraction of sp³-hybridized carbons (Fsp3) is 0. The van der Waals surface area contributed by atoms with Gasteiger partial charge in [0, 0.05) is 62.5 Å². The first-order valence-corrected chi connectivity index (χ1v) is 17.3. The van der Waals surface area contributed by atoms with E-state index in [-0.39, 0.29) is 0 Å². The van der Waals surface area contributed by atoms with Gasteiger partial charge in [-0.25, -0.2) is 15.0 Å². The number of benzene rings is 6. The number of fused-ring (bicyclic) bond motifs is 7. The van der Waals surface area contributed by atoms with Crippen LogP contribution in [0.25, 0.3) is 73.1 Å². The average molecular weight is 667 g/mol. The summed E-state index contributed by atoms with van der Waals surface area (Å²) in [6, 6.07) is 58.8. The third kappa shape index (κ3) is 4.88. The summed E-state index contributed by atoms with van der Waals surface area (Å²) in [5.74, 6) is 1.88. The zero-order valence-electron chi connectivity index (χ0n) is 28.0. The third-order valence-corrected chi connectivity index (χ3v) is 9.66. The molecule has 0 unspecified atom stereocenters. The standard InChI is InChI=1S/C46H30N6/c1-4-15-31(16-5-1)44-48-45(32-17-6-2-7-18-32)50-46(49-44)33-19-14-22-35(29-33)52-41-27-28-47-30-38(41)42-36-23-10-12-25-39(36)51(34-20-8-3-9-21-34)40-26-13-11-24-37(40)43(42)52/h1-30H. The van der Waals surface area contributed by atoms with Gasteiger partial charge in [0.05, 0.1) is 22.6 Å². The molecule has 244 valence electrons. The van der Waals surface area contributed by atoms with Crippen molar-refractivity contribution in [2.45, 2.75) is 0 Å². The number of hydrogen-bond acceptors (Lipinski definition) is 5. The molecule has 6 aromatic carbocycles. The molecule has 0 fully saturated rings. The van der Waals surface area contributed by atoms with Gasteiger partial charge < -0.3 is 9.47 Å². The fourth-order valence-electron chi connectivity index (χ4n) is 7.39. The highest BCUT2D eigenvalue weighted by Crippen LogP contribution is 2.54. The topological polar surface area (TPSA) is 59.7 Å². The van der Waals surface area contributed by atoms with Crippen LogP contribution in [0, 0.1) is 0 Å². The maximum absolute atomic E-state index is 5.05. The molecule has 0 spiro atoms. The number of nitrogens with zero attached hydrogens (tertiary/aromatic N) is 6. The van der Waals surface area contributed by atoms with Gasteiger partial charge in [0.2, 0.25) is 0 Å². The molecular formula is C46H30N6. The van der Waals surface area contributed by atoms with Crippen molar-refractivity contribution >= 4 is 28.0 Å². The Balaban J connectivity index is 1.23. The normalized spacial score (nSPS) is 11.8. The van der Waals surface area contributed by atoms with E-state index in [0.717, 1.165) is 72.7 Å². The molecule has 6 heteroatoms. The summed E-state index contributed by atoms with van der Waals surface area (Å²) in [7, 11) is 0. The molecule has 9 aromatic rings. The van der Waals surface area contributed by atoms with Crippen molar-refractivity contribution in [2.75, 3.05) is 4.90 Å². The van der Waals surface area contributed by atoms with Crippen molar-refractivity contribution in [3.63, 3.8) is 0 Å². The largest absolute Gasteiger partial charge is 0.309 e. The van der Waals surface area contributed by atoms with Crippen LogP contribution in [0.1, 0.15) is 0 Å². The van der Waals surface area contributed by atoms with E-state index in [0.29, 0.717) is 17.5 Å². The van der Waals surface area contributed by atoms with Crippen LogP contribution in [-0.4, -0.2) is 24.5 Å². The van der Waals surface area contributed by atoms with Crippen LogP contribution in [0.4, 0.5) is 17.1 Å². The molecule has 4 heterocycles. The second-order valence-electron chi connectivity index (χ2n) is 12.7. The van der Waals surface area contributed by atoms with Crippen molar-refractivity contribution in [3.05, 3.63) is 182 Å². The smallest absolute Gasteiger partial charge is 0.164 e. The minimum atomic E-state index is 0.611. The Morgan fingerprint density at radius 2 is 0.942 bits per heavy atom. The molecule has 52 heavy (non-hydrogen) atoms. The van der Waals surface area contributed by atoms with Crippen LogP contribution >= 0.6 is 0 Å². The van der Waals surface area contributed by atoms with E-state index >= 15 is 0 Å². The highest BCUT2D eigenvalue weighted by atomic mass is 15.2. The minimum absolute atomic E-state index is 0.611. The van der Waals surface area contributed by atoms with Crippen LogP contribution in [0.2, 0.25) is 0 Å². The quantitative estimate of drug-likeness (QED) is 0.183. The zero-order chi connectivity index (χ0) is 34.4. The predicted molar refractivity (Wildman–Crippen MR) is 210 cm³/mol. The molecule has 0 amide bonds. The van der Waals surface area contributed by atoms with Gasteiger partial charge in [-0.1, -0.05) is 127 Å². The van der Waals surface area contributed by atoms with E-state index in [9.17, 15) is 0 Å². The summed E-state index contributed by atoms with van der Waals surface area (Å²) in [6.45, 7) is 0. The first-order chi connectivity index (χ1) is 25.8. The van der Waals surface area contributed by atoms with Crippen LogP contribution in [0.5, 0.6) is 0 Å². The Kier molecular flexibility index (Phi) is 7.03.